The van der Waals surface area contributed by atoms with Gasteiger partial charge in [0.1, 0.15) is 0 Å². The molecule has 0 heterocycles. The van der Waals surface area contributed by atoms with Crippen LogP contribution in [0.4, 0.5) is 0 Å². The van der Waals surface area contributed by atoms with Crippen molar-refractivity contribution in [2.45, 2.75) is 46.5 Å². The molecule has 0 radical (unpaired) electrons. The minimum absolute atomic E-state index is 0.923. The van der Waals surface area contributed by atoms with Crippen LogP contribution in [0.3, 0.4) is 0 Å². The van der Waals surface area contributed by atoms with Gasteiger partial charge in [-0.25, -0.2) is 0 Å². The van der Waals surface area contributed by atoms with E-state index >= 15 is 0 Å². The molecule has 14 heavy (non-hydrogen) atoms. The van der Waals surface area contributed by atoms with E-state index in [0.29, 0.717) is 0 Å². The molecule has 0 aromatic heterocycles. The Morgan fingerprint density at radius 1 is 1.14 bits per heavy atom. The molecule has 0 aliphatic heterocycles. The monoisotopic (exact) mass is 198 g/mol. The number of aldehydes is 1. The average Bonchev–Trinajstić information content (AvgIpc) is 2.22. The standard InChI is InChI=1S/C12H23NO/c1-4-7-9-13(10-8-5-2)12(6-3)11-14/h6,11H,4-5,7-10H2,1-3H3/p+1/b12-6+. The Balaban J connectivity index is 4.13. The molecule has 0 aromatic rings. The minimum Gasteiger partial charge on any atom is -0.300 e. The number of allylic oxidation sites excluding steroid dienone is 2. The van der Waals surface area contributed by atoms with Crippen LogP contribution in [0.2, 0.25) is 0 Å². The maximum Gasteiger partial charge on any atom is 0.202 e. The van der Waals surface area contributed by atoms with Crippen molar-refractivity contribution in [2.24, 2.45) is 0 Å². The molecule has 0 aromatic carbocycles. The van der Waals surface area contributed by atoms with Gasteiger partial charge in [-0.1, -0.05) is 26.7 Å². The second-order valence-electron chi connectivity index (χ2n) is 3.67. The van der Waals surface area contributed by atoms with E-state index in [1.54, 1.807) is 0 Å². The van der Waals surface area contributed by atoms with E-state index in [1.807, 2.05) is 13.0 Å². The molecular formula is C12H24NO+. The fourth-order valence-electron chi connectivity index (χ4n) is 1.55. The highest BCUT2D eigenvalue weighted by molar-refractivity contribution is 5.69. The van der Waals surface area contributed by atoms with Crippen molar-refractivity contribution in [1.82, 2.24) is 0 Å². The lowest BCUT2D eigenvalue weighted by molar-refractivity contribution is -0.856. The highest BCUT2D eigenvalue weighted by Gasteiger charge is 2.12. The van der Waals surface area contributed by atoms with Crippen LogP contribution in [-0.4, -0.2) is 19.4 Å². The molecule has 0 unspecified atom stereocenters. The molecule has 82 valence electrons. The van der Waals surface area contributed by atoms with Crippen LogP contribution in [0.25, 0.3) is 0 Å². The first-order valence-corrected chi connectivity index (χ1v) is 5.76. The number of carbonyl (C=O) groups is 1. The van der Waals surface area contributed by atoms with Gasteiger partial charge in [0.05, 0.1) is 13.1 Å². The number of quaternary nitrogens is 1. The Morgan fingerprint density at radius 3 is 1.93 bits per heavy atom. The Labute approximate surface area is 88.0 Å². The molecule has 0 aliphatic rings. The van der Waals surface area contributed by atoms with E-state index < -0.39 is 0 Å². The van der Waals surface area contributed by atoms with Gasteiger partial charge >= 0.3 is 0 Å². The van der Waals surface area contributed by atoms with Crippen LogP contribution in [-0.2, 0) is 4.79 Å². The zero-order valence-corrected chi connectivity index (χ0v) is 9.81. The zero-order valence-electron chi connectivity index (χ0n) is 9.81. The molecular weight excluding hydrogens is 174 g/mol. The van der Waals surface area contributed by atoms with Crippen molar-refractivity contribution < 1.29 is 9.69 Å². The SMILES string of the molecule is C/C=C(\C=O)[NH+](CCCC)CCCC. The van der Waals surface area contributed by atoms with Gasteiger partial charge in [-0.3, -0.25) is 9.69 Å². The van der Waals surface area contributed by atoms with E-state index in [4.69, 9.17) is 0 Å². The Bertz CT molecular complexity index is 167. The first kappa shape index (κ1) is 13.4. The van der Waals surface area contributed by atoms with E-state index in [9.17, 15) is 4.79 Å². The average molecular weight is 198 g/mol. The summed E-state index contributed by atoms with van der Waals surface area (Å²) in [4.78, 5) is 12.2. The largest absolute Gasteiger partial charge is 0.300 e. The summed E-state index contributed by atoms with van der Waals surface area (Å²) >= 11 is 0. The van der Waals surface area contributed by atoms with Crippen LogP contribution in [0.1, 0.15) is 46.5 Å². The normalized spacial score (nSPS) is 12.1. The summed E-state index contributed by atoms with van der Waals surface area (Å²) in [5, 5.41) is 0. The Hall–Kier alpha value is -0.630. The second kappa shape index (κ2) is 8.95. The molecule has 0 bridgehead atoms. The molecule has 2 nitrogen and oxygen atoms in total. The molecule has 0 aliphatic carbocycles. The van der Waals surface area contributed by atoms with Gasteiger partial charge in [0.25, 0.3) is 0 Å². The summed E-state index contributed by atoms with van der Waals surface area (Å²) in [7, 11) is 0. The van der Waals surface area contributed by atoms with Crippen molar-refractivity contribution in [2.75, 3.05) is 13.1 Å². The van der Waals surface area contributed by atoms with Gasteiger partial charge in [0, 0.05) is 0 Å². The summed E-state index contributed by atoms with van der Waals surface area (Å²) in [5.74, 6) is 0. The number of carbonyl (C=O) groups excluding carboxylic acids is 1. The lowest BCUT2D eigenvalue weighted by atomic mass is 10.2. The maximum atomic E-state index is 10.8. The quantitative estimate of drug-likeness (QED) is 0.464. The van der Waals surface area contributed by atoms with Crippen molar-refractivity contribution in [3.8, 4) is 0 Å². The molecule has 0 atom stereocenters. The lowest BCUT2D eigenvalue weighted by Crippen LogP contribution is -3.10. The van der Waals surface area contributed by atoms with Crippen LogP contribution >= 0.6 is 0 Å². The van der Waals surface area contributed by atoms with E-state index in [-0.39, 0.29) is 0 Å². The van der Waals surface area contributed by atoms with E-state index in [2.05, 4.69) is 13.8 Å². The van der Waals surface area contributed by atoms with Crippen LogP contribution in [0.5, 0.6) is 0 Å². The van der Waals surface area contributed by atoms with Crippen molar-refractivity contribution in [3.63, 3.8) is 0 Å². The van der Waals surface area contributed by atoms with Crippen molar-refractivity contribution in [3.05, 3.63) is 11.8 Å². The third kappa shape index (κ3) is 5.18. The van der Waals surface area contributed by atoms with Gasteiger partial charge in [0.2, 0.25) is 6.29 Å². The van der Waals surface area contributed by atoms with Crippen molar-refractivity contribution >= 4 is 6.29 Å². The smallest absolute Gasteiger partial charge is 0.202 e. The summed E-state index contributed by atoms with van der Waals surface area (Å²) < 4.78 is 0. The maximum absolute atomic E-state index is 10.8. The van der Waals surface area contributed by atoms with Crippen LogP contribution in [0, 0.1) is 0 Å². The number of rotatable bonds is 8. The number of hydrogen-bond donors (Lipinski definition) is 1. The number of unbranched alkanes of at least 4 members (excludes halogenated alkanes) is 2. The van der Waals surface area contributed by atoms with Crippen molar-refractivity contribution in [1.29, 1.82) is 0 Å². The number of hydrogen-bond acceptors (Lipinski definition) is 1. The summed E-state index contributed by atoms with van der Waals surface area (Å²) in [6, 6.07) is 0. The lowest BCUT2D eigenvalue weighted by Gasteiger charge is -2.17. The van der Waals surface area contributed by atoms with Gasteiger partial charge in [-0.15, -0.1) is 0 Å². The summed E-state index contributed by atoms with van der Waals surface area (Å²) in [6.45, 7) is 8.51. The Morgan fingerprint density at radius 2 is 1.64 bits per heavy atom. The molecule has 0 saturated heterocycles. The molecule has 2 heteroatoms. The molecule has 1 N–H and O–H groups in total. The highest BCUT2D eigenvalue weighted by Crippen LogP contribution is 1.86. The predicted molar refractivity (Wildman–Crippen MR) is 60.3 cm³/mol. The predicted octanol–water partition coefficient (Wildman–Crippen LogP) is 1.57. The first-order chi connectivity index (χ1) is 6.79. The first-order valence-electron chi connectivity index (χ1n) is 5.76. The van der Waals surface area contributed by atoms with E-state index in [0.717, 1.165) is 25.1 Å². The summed E-state index contributed by atoms with van der Waals surface area (Å²) in [6.07, 6.45) is 7.74. The molecule has 0 amide bonds. The van der Waals surface area contributed by atoms with Gasteiger partial charge in [0.15, 0.2) is 5.70 Å². The van der Waals surface area contributed by atoms with E-state index in [1.165, 1.54) is 30.6 Å². The fourth-order valence-corrected chi connectivity index (χ4v) is 1.55. The topological polar surface area (TPSA) is 21.5 Å². The molecule has 0 fully saturated rings. The fraction of sp³-hybridized carbons (Fsp3) is 0.750. The second-order valence-corrected chi connectivity index (χ2v) is 3.67. The Kier molecular flexibility index (Phi) is 8.54. The molecule has 0 saturated carbocycles. The zero-order chi connectivity index (χ0) is 10.8. The van der Waals surface area contributed by atoms with Gasteiger partial charge < -0.3 is 0 Å². The third-order valence-electron chi connectivity index (χ3n) is 2.51. The van der Waals surface area contributed by atoms with Crippen LogP contribution < -0.4 is 4.90 Å². The number of nitrogens with one attached hydrogen (secondary N) is 1. The molecule has 0 spiro atoms. The third-order valence-corrected chi connectivity index (χ3v) is 2.51. The minimum atomic E-state index is 0.923. The highest BCUT2D eigenvalue weighted by atomic mass is 16.1. The van der Waals surface area contributed by atoms with Gasteiger partial charge in [-0.2, -0.15) is 0 Å². The molecule has 0 rings (SSSR count). The summed E-state index contributed by atoms with van der Waals surface area (Å²) in [5.41, 5.74) is 0.923. The van der Waals surface area contributed by atoms with Crippen LogP contribution in [0.15, 0.2) is 11.8 Å². The van der Waals surface area contributed by atoms with Gasteiger partial charge in [-0.05, 0) is 25.8 Å².